The molecule has 150 valence electrons. The molecule has 7 nitrogen and oxygen atoms in total. The van der Waals surface area contributed by atoms with Crippen molar-refractivity contribution in [2.75, 3.05) is 26.7 Å². The molecular formula is C22H25N5O2. The summed E-state index contributed by atoms with van der Waals surface area (Å²) in [7, 11) is 1.68. The Kier molecular flexibility index (Phi) is 4.19. The lowest BCUT2D eigenvalue weighted by Crippen LogP contribution is -2.40. The molecule has 4 heterocycles. The van der Waals surface area contributed by atoms with Crippen LogP contribution in [0, 0.1) is 0 Å². The number of aromatic nitrogens is 3. The second kappa shape index (κ2) is 6.76. The van der Waals surface area contributed by atoms with Crippen LogP contribution in [0.4, 0.5) is 4.79 Å². The van der Waals surface area contributed by atoms with Gasteiger partial charge in [0.1, 0.15) is 5.75 Å². The van der Waals surface area contributed by atoms with Crippen LogP contribution in [0.1, 0.15) is 25.5 Å². The van der Waals surface area contributed by atoms with Gasteiger partial charge in [0.2, 0.25) is 0 Å². The molecule has 7 heteroatoms. The first kappa shape index (κ1) is 18.0. The van der Waals surface area contributed by atoms with Crippen LogP contribution in [0.5, 0.6) is 5.75 Å². The molecule has 1 atom stereocenters. The molecule has 5 rings (SSSR count). The van der Waals surface area contributed by atoms with Gasteiger partial charge < -0.3 is 15.0 Å². The summed E-state index contributed by atoms with van der Waals surface area (Å²) in [6.45, 7) is 5.05. The van der Waals surface area contributed by atoms with Crippen molar-refractivity contribution in [1.82, 2.24) is 25.0 Å². The SMILES string of the molecule is CCNC(=O)N1CCC2(CCn3nc(-c4cnc5cccc(OC)c5c4)cc32)C1. The quantitative estimate of drug-likeness (QED) is 0.744. The number of pyridine rings is 1. The zero-order valence-corrected chi connectivity index (χ0v) is 16.8. The highest BCUT2D eigenvalue weighted by Crippen LogP contribution is 2.44. The summed E-state index contributed by atoms with van der Waals surface area (Å²) < 4.78 is 7.61. The zero-order chi connectivity index (χ0) is 20.0. The second-order valence-electron chi connectivity index (χ2n) is 7.93. The highest BCUT2D eigenvalue weighted by molar-refractivity contribution is 5.88. The van der Waals surface area contributed by atoms with Gasteiger partial charge in [-0.05, 0) is 44.0 Å². The highest BCUT2D eigenvalue weighted by atomic mass is 16.5. The van der Waals surface area contributed by atoms with E-state index in [0.29, 0.717) is 6.54 Å². The molecule has 2 aliphatic heterocycles. The minimum Gasteiger partial charge on any atom is -0.496 e. The third-order valence-electron chi connectivity index (χ3n) is 6.30. The fourth-order valence-corrected chi connectivity index (χ4v) is 4.77. The van der Waals surface area contributed by atoms with Gasteiger partial charge in [-0.15, -0.1) is 0 Å². The molecule has 0 bridgehead atoms. The summed E-state index contributed by atoms with van der Waals surface area (Å²) in [5, 5.41) is 8.77. The number of nitrogens with one attached hydrogen (secondary N) is 1. The van der Waals surface area contributed by atoms with E-state index in [9.17, 15) is 4.79 Å². The van der Waals surface area contributed by atoms with Crippen molar-refractivity contribution in [3.63, 3.8) is 0 Å². The Bertz CT molecular complexity index is 1090. The van der Waals surface area contributed by atoms with Gasteiger partial charge in [-0.3, -0.25) is 9.67 Å². The van der Waals surface area contributed by atoms with E-state index in [1.165, 1.54) is 5.69 Å². The average molecular weight is 391 g/mol. The van der Waals surface area contributed by atoms with Crippen LogP contribution < -0.4 is 10.1 Å². The molecule has 1 spiro atoms. The van der Waals surface area contributed by atoms with E-state index >= 15 is 0 Å². The van der Waals surface area contributed by atoms with Crippen molar-refractivity contribution in [1.29, 1.82) is 0 Å². The van der Waals surface area contributed by atoms with E-state index in [4.69, 9.17) is 9.84 Å². The summed E-state index contributed by atoms with van der Waals surface area (Å²) in [5.74, 6) is 0.813. The maximum Gasteiger partial charge on any atom is 0.317 e. The molecule has 2 aromatic heterocycles. The van der Waals surface area contributed by atoms with Crippen molar-refractivity contribution in [2.24, 2.45) is 0 Å². The van der Waals surface area contributed by atoms with E-state index in [-0.39, 0.29) is 11.4 Å². The van der Waals surface area contributed by atoms with Gasteiger partial charge in [-0.25, -0.2) is 4.79 Å². The van der Waals surface area contributed by atoms with Crippen LogP contribution in [-0.4, -0.2) is 52.4 Å². The molecule has 1 unspecified atom stereocenters. The molecule has 2 aliphatic rings. The summed E-state index contributed by atoms with van der Waals surface area (Å²) in [4.78, 5) is 18.8. The number of methoxy groups -OCH3 is 1. The molecule has 1 N–H and O–H groups in total. The lowest BCUT2D eigenvalue weighted by molar-refractivity contribution is 0.206. The van der Waals surface area contributed by atoms with Gasteiger partial charge >= 0.3 is 6.03 Å². The first-order chi connectivity index (χ1) is 14.1. The van der Waals surface area contributed by atoms with Gasteiger partial charge in [0, 0.05) is 54.4 Å². The standard InChI is InChI=1S/C22H25N5O2/c1-3-23-21(28)26-9-7-22(14-26)8-10-27-20(22)12-18(25-27)15-11-16-17(24-13-15)5-4-6-19(16)29-2/h4-6,11-13H,3,7-10,14H2,1-2H3,(H,23,28). The van der Waals surface area contributed by atoms with Gasteiger partial charge in [0.15, 0.2) is 0 Å². The number of amides is 2. The Morgan fingerprint density at radius 2 is 2.14 bits per heavy atom. The maximum absolute atomic E-state index is 12.3. The first-order valence-electron chi connectivity index (χ1n) is 10.2. The van der Waals surface area contributed by atoms with Crippen molar-refractivity contribution in [2.45, 2.75) is 31.7 Å². The van der Waals surface area contributed by atoms with E-state index in [0.717, 1.165) is 60.4 Å². The minimum atomic E-state index is 0.0122. The average Bonchev–Trinajstić information content (AvgIpc) is 3.44. The molecule has 0 saturated carbocycles. The number of aryl methyl sites for hydroxylation is 1. The third-order valence-corrected chi connectivity index (χ3v) is 6.30. The fourth-order valence-electron chi connectivity index (χ4n) is 4.77. The molecule has 29 heavy (non-hydrogen) atoms. The molecule has 1 aromatic carbocycles. The number of hydrogen-bond acceptors (Lipinski definition) is 4. The van der Waals surface area contributed by atoms with Crippen molar-refractivity contribution in [3.05, 3.63) is 42.2 Å². The molecule has 0 radical (unpaired) electrons. The number of fused-ring (bicyclic) bond motifs is 3. The normalized spacial score (nSPS) is 20.4. The largest absolute Gasteiger partial charge is 0.496 e. The maximum atomic E-state index is 12.3. The van der Waals surface area contributed by atoms with Crippen LogP contribution in [0.25, 0.3) is 22.2 Å². The predicted molar refractivity (Wildman–Crippen MR) is 111 cm³/mol. The van der Waals surface area contributed by atoms with Crippen LogP contribution in [-0.2, 0) is 12.0 Å². The van der Waals surface area contributed by atoms with E-state index in [1.807, 2.05) is 36.2 Å². The van der Waals surface area contributed by atoms with Crippen molar-refractivity contribution < 1.29 is 9.53 Å². The molecule has 0 aliphatic carbocycles. The molecular weight excluding hydrogens is 366 g/mol. The Morgan fingerprint density at radius 1 is 1.28 bits per heavy atom. The second-order valence-corrected chi connectivity index (χ2v) is 7.93. The topological polar surface area (TPSA) is 72.3 Å². The van der Waals surface area contributed by atoms with E-state index < -0.39 is 0 Å². The summed E-state index contributed by atoms with van der Waals surface area (Å²) in [6.07, 6.45) is 3.90. The molecule has 2 amide bonds. The lowest BCUT2D eigenvalue weighted by Gasteiger charge is -2.23. The van der Waals surface area contributed by atoms with Gasteiger partial charge in [0.05, 0.1) is 18.3 Å². The number of carbonyl (C=O) groups excluding carboxylic acids is 1. The Hall–Kier alpha value is -3.09. The Morgan fingerprint density at radius 3 is 2.97 bits per heavy atom. The van der Waals surface area contributed by atoms with E-state index in [2.05, 4.69) is 27.1 Å². The fraction of sp³-hybridized carbons (Fsp3) is 0.409. The summed E-state index contributed by atoms with van der Waals surface area (Å²) in [6, 6.07) is 10.2. The third kappa shape index (κ3) is 2.84. The van der Waals surface area contributed by atoms with Crippen molar-refractivity contribution in [3.8, 4) is 17.0 Å². The highest BCUT2D eigenvalue weighted by Gasteiger charge is 2.46. The summed E-state index contributed by atoms with van der Waals surface area (Å²) in [5.41, 5.74) is 4.07. The molecule has 3 aromatic rings. The van der Waals surface area contributed by atoms with Gasteiger partial charge in [-0.1, -0.05) is 6.07 Å². The minimum absolute atomic E-state index is 0.0122. The van der Waals surface area contributed by atoms with E-state index in [1.54, 1.807) is 7.11 Å². The number of urea groups is 1. The number of ether oxygens (including phenoxy) is 1. The van der Waals surface area contributed by atoms with Crippen LogP contribution in [0.2, 0.25) is 0 Å². The summed E-state index contributed by atoms with van der Waals surface area (Å²) >= 11 is 0. The number of rotatable bonds is 3. The number of hydrogen-bond donors (Lipinski definition) is 1. The van der Waals surface area contributed by atoms with Crippen molar-refractivity contribution >= 4 is 16.9 Å². The van der Waals surface area contributed by atoms with Crippen LogP contribution in [0.3, 0.4) is 0 Å². The Labute approximate surface area is 169 Å². The monoisotopic (exact) mass is 391 g/mol. The van der Waals surface area contributed by atoms with Gasteiger partial charge in [0.25, 0.3) is 0 Å². The zero-order valence-electron chi connectivity index (χ0n) is 16.8. The predicted octanol–water partition coefficient (Wildman–Crippen LogP) is 3.18. The number of likely N-dealkylation sites (tertiary alicyclic amines) is 1. The molecule has 1 saturated heterocycles. The molecule has 1 fully saturated rings. The Balaban J connectivity index is 1.48. The lowest BCUT2D eigenvalue weighted by atomic mass is 9.82. The van der Waals surface area contributed by atoms with Crippen LogP contribution in [0.15, 0.2) is 36.5 Å². The first-order valence-corrected chi connectivity index (χ1v) is 10.2. The van der Waals surface area contributed by atoms with Gasteiger partial charge in [-0.2, -0.15) is 5.10 Å². The smallest absolute Gasteiger partial charge is 0.317 e. The number of nitrogens with zero attached hydrogens (tertiary/aromatic N) is 4. The number of carbonyl (C=O) groups is 1. The van der Waals surface area contributed by atoms with Crippen LogP contribution >= 0.6 is 0 Å². The number of benzene rings is 1.